The van der Waals surface area contributed by atoms with Crippen molar-refractivity contribution in [2.24, 2.45) is 7.05 Å². The van der Waals surface area contributed by atoms with Crippen LogP contribution in [0.2, 0.25) is 0 Å². The molecule has 0 aliphatic carbocycles. The van der Waals surface area contributed by atoms with Crippen molar-refractivity contribution < 1.29 is 19.8 Å². The lowest BCUT2D eigenvalue weighted by molar-refractivity contribution is -0.107. The Balaban J connectivity index is 0.000000203. The molecule has 0 atom stereocenters. The van der Waals surface area contributed by atoms with Gasteiger partial charge in [-0.15, -0.1) is 11.6 Å². The van der Waals surface area contributed by atoms with Crippen molar-refractivity contribution in [2.75, 3.05) is 30.1 Å². The number of phenolic OH excluding ortho intramolecular Hbond substituents is 2. The summed E-state index contributed by atoms with van der Waals surface area (Å²) in [6, 6.07) is 15.0. The fraction of sp³-hybridized carbons (Fsp3) is 0.364. The summed E-state index contributed by atoms with van der Waals surface area (Å²) in [6.45, 7) is 5.65. The SMILES string of the molecule is CNc1ccc2c(c1)CN(C(=O)c1cc(C(C)C)c(O)cc1O)C2.Cn1c(CCCC=O)nc2cc(NCCCl)ccc21. The molecule has 10 heteroatoms. The maximum absolute atomic E-state index is 12.8. The first kappa shape index (κ1) is 31.7. The number of nitrogens with one attached hydrogen (secondary N) is 2. The molecule has 228 valence electrons. The number of aromatic nitrogens is 2. The lowest BCUT2D eigenvalue weighted by Crippen LogP contribution is -2.25. The molecule has 0 unspecified atom stereocenters. The minimum atomic E-state index is -0.225. The first-order valence-electron chi connectivity index (χ1n) is 14.5. The van der Waals surface area contributed by atoms with Gasteiger partial charge >= 0.3 is 0 Å². The summed E-state index contributed by atoms with van der Waals surface area (Å²) >= 11 is 5.66. The number of aldehydes is 1. The maximum Gasteiger partial charge on any atom is 0.258 e. The maximum atomic E-state index is 12.8. The van der Waals surface area contributed by atoms with Crippen LogP contribution in [0.3, 0.4) is 0 Å². The summed E-state index contributed by atoms with van der Waals surface area (Å²) in [6.07, 6.45) is 3.22. The van der Waals surface area contributed by atoms with E-state index in [1.165, 1.54) is 6.07 Å². The Morgan fingerprint density at radius 3 is 2.49 bits per heavy atom. The highest BCUT2D eigenvalue weighted by atomic mass is 35.5. The number of imidazole rings is 1. The summed E-state index contributed by atoms with van der Waals surface area (Å²) in [5, 5.41) is 26.4. The van der Waals surface area contributed by atoms with Crippen molar-refractivity contribution in [3.05, 3.63) is 76.6 Å². The number of unbranched alkanes of at least 4 members (excludes halogenated alkanes) is 1. The van der Waals surface area contributed by atoms with Gasteiger partial charge in [-0.05, 0) is 65.4 Å². The van der Waals surface area contributed by atoms with Gasteiger partial charge in [0.05, 0.1) is 16.6 Å². The van der Waals surface area contributed by atoms with Gasteiger partial charge in [-0.2, -0.15) is 0 Å². The fourth-order valence-corrected chi connectivity index (χ4v) is 5.30. The zero-order valence-electron chi connectivity index (χ0n) is 25.2. The number of hydrogen-bond acceptors (Lipinski definition) is 7. The van der Waals surface area contributed by atoms with Crippen LogP contribution in [0.4, 0.5) is 11.4 Å². The number of hydrogen-bond donors (Lipinski definition) is 4. The van der Waals surface area contributed by atoms with Crippen molar-refractivity contribution in [3.8, 4) is 11.5 Å². The molecule has 1 aliphatic rings. The van der Waals surface area contributed by atoms with Crippen LogP contribution in [0.25, 0.3) is 11.0 Å². The molecular weight excluding hydrogens is 566 g/mol. The van der Waals surface area contributed by atoms with Crippen molar-refractivity contribution in [1.29, 1.82) is 0 Å². The predicted molar refractivity (Wildman–Crippen MR) is 172 cm³/mol. The standard InChI is InChI=1S/C19H22N2O3.C14H18ClN3O/c1-11(2)15-7-16(18(23)8-17(15)22)19(24)21-9-12-4-5-14(20-3)6-13(12)10-21;1-18-13-6-5-11(16-8-7-15)10-12(13)17-14(18)4-2-3-9-19/h4-8,11,20,22-23H,9-10H2,1-3H3;5-6,9-10,16H,2-4,7-8H2,1H3. The topological polar surface area (TPSA) is 120 Å². The number of rotatable bonds is 10. The minimum Gasteiger partial charge on any atom is -0.508 e. The molecule has 2 heterocycles. The quantitative estimate of drug-likeness (QED) is 0.0970. The number of aromatic hydroxyl groups is 2. The van der Waals surface area contributed by atoms with Gasteiger partial charge in [0, 0.05) is 69.9 Å². The summed E-state index contributed by atoms with van der Waals surface area (Å²) in [5.41, 5.74) is 7.25. The Hall–Kier alpha value is -4.24. The van der Waals surface area contributed by atoms with Gasteiger partial charge in [0.2, 0.25) is 0 Å². The van der Waals surface area contributed by atoms with Crippen LogP contribution in [0.15, 0.2) is 48.5 Å². The smallest absolute Gasteiger partial charge is 0.258 e. The number of benzene rings is 3. The van der Waals surface area contributed by atoms with Gasteiger partial charge in [0.1, 0.15) is 23.6 Å². The predicted octanol–water partition coefficient (Wildman–Crippen LogP) is 6.16. The van der Waals surface area contributed by atoms with Crippen LogP contribution >= 0.6 is 11.6 Å². The molecule has 4 N–H and O–H groups in total. The highest BCUT2D eigenvalue weighted by Crippen LogP contribution is 2.34. The van der Waals surface area contributed by atoms with E-state index < -0.39 is 0 Å². The number of carbonyl (C=O) groups excluding carboxylic acids is 2. The van der Waals surface area contributed by atoms with Crippen molar-refractivity contribution in [1.82, 2.24) is 14.5 Å². The molecule has 0 saturated carbocycles. The molecule has 0 radical (unpaired) electrons. The first-order chi connectivity index (χ1) is 20.7. The number of fused-ring (bicyclic) bond motifs is 2. The number of alkyl halides is 1. The molecule has 4 aromatic rings. The lowest BCUT2D eigenvalue weighted by Gasteiger charge is -2.18. The van der Waals surface area contributed by atoms with Gasteiger partial charge in [0.25, 0.3) is 5.91 Å². The van der Waals surface area contributed by atoms with Crippen LogP contribution in [0.1, 0.15) is 65.5 Å². The zero-order valence-corrected chi connectivity index (χ0v) is 25.9. The molecular formula is C33H40ClN5O4. The molecule has 9 nitrogen and oxygen atoms in total. The van der Waals surface area contributed by atoms with Gasteiger partial charge < -0.3 is 35.1 Å². The van der Waals surface area contributed by atoms with Crippen LogP contribution in [0, 0.1) is 0 Å². The second-order valence-electron chi connectivity index (χ2n) is 10.9. The molecule has 43 heavy (non-hydrogen) atoms. The molecule has 1 aromatic heterocycles. The van der Waals surface area contributed by atoms with Gasteiger partial charge in [-0.3, -0.25) is 4.79 Å². The normalized spacial score (nSPS) is 12.2. The average molecular weight is 606 g/mol. The molecule has 3 aromatic carbocycles. The second-order valence-corrected chi connectivity index (χ2v) is 11.3. The molecule has 0 saturated heterocycles. The third-order valence-corrected chi connectivity index (χ3v) is 7.81. The van der Waals surface area contributed by atoms with E-state index in [-0.39, 0.29) is 28.9 Å². The van der Waals surface area contributed by atoms with E-state index in [0.29, 0.717) is 31.0 Å². The van der Waals surface area contributed by atoms with E-state index in [1.54, 1.807) is 11.0 Å². The highest BCUT2D eigenvalue weighted by Gasteiger charge is 2.27. The van der Waals surface area contributed by atoms with E-state index in [1.807, 2.05) is 58.3 Å². The third kappa shape index (κ3) is 7.40. The van der Waals surface area contributed by atoms with Crippen molar-refractivity contribution in [3.63, 3.8) is 0 Å². The second kappa shape index (κ2) is 14.3. The van der Waals surface area contributed by atoms with Crippen molar-refractivity contribution in [2.45, 2.75) is 52.1 Å². The molecule has 0 fully saturated rings. The molecule has 1 aliphatic heterocycles. The van der Waals surface area contributed by atoms with Crippen LogP contribution in [-0.4, -0.2) is 56.3 Å². The molecule has 1 amide bonds. The molecule has 0 bridgehead atoms. The van der Waals surface area contributed by atoms with Crippen LogP contribution in [-0.2, 0) is 31.4 Å². The van der Waals surface area contributed by atoms with E-state index in [2.05, 4.69) is 26.3 Å². The van der Waals surface area contributed by atoms with Crippen LogP contribution < -0.4 is 10.6 Å². The average Bonchev–Trinajstić information content (AvgIpc) is 3.56. The highest BCUT2D eigenvalue weighted by molar-refractivity contribution is 6.18. The summed E-state index contributed by atoms with van der Waals surface area (Å²) in [7, 11) is 3.87. The van der Waals surface area contributed by atoms with Gasteiger partial charge in [-0.25, -0.2) is 4.98 Å². The van der Waals surface area contributed by atoms with E-state index >= 15 is 0 Å². The Kier molecular flexibility index (Phi) is 10.5. The number of nitrogens with zero attached hydrogens (tertiary/aromatic N) is 3. The zero-order chi connectivity index (χ0) is 31.1. The first-order valence-corrected chi connectivity index (χ1v) is 15.0. The van der Waals surface area contributed by atoms with E-state index in [9.17, 15) is 19.8 Å². The number of aryl methyl sites for hydroxylation is 2. The lowest BCUT2D eigenvalue weighted by atomic mass is 9.98. The van der Waals surface area contributed by atoms with E-state index in [4.69, 9.17) is 11.6 Å². The summed E-state index contributed by atoms with van der Waals surface area (Å²) in [4.78, 5) is 29.5. The number of carbonyl (C=O) groups is 2. The number of amides is 1. The Bertz CT molecular complexity index is 1600. The summed E-state index contributed by atoms with van der Waals surface area (Å²) < 4.78 is 2.09. The Morgan fingerprint density at radius 1 is 1.05 bits per heavy atom. The monoisotopic (exact) mass is 605 g/mol. The largest absolute Gasteiger partial charge is 0.508 e. The van der Waals surface area contributed by atoms with Crippen molar-refractivity contribution >= 4 is 46.2 Å². The fourth-order valence-electron chi connectivity index (χ4n) is 5.21. The Morgan fingerprint density at radius 2 is 1.79 bits per heavy atom. The van der Waals surface area contributed by atoms with Gasteiger partial charge in [0.15, 0.2) is 0 Å². The minimum absolute atomic E-state index is 0.0161. The number of halogens is 1. The Labute approximate surface area is 257 Å². The van der Waals surface area contributed by atoms with Gasteiger partial charge in [-0.1, -0.05) is 19.9 Å². The third-order valence-electron chi connectivity index (χ3n) is 7.62. The van der Waals surface area contributed by atoms with E-state index in [0.717, 1.165) is 65.0 Å². The molecule has 5 rings (SSSR count). The number of phenols is 2. The van der Waals surface area contributed by atoms with Crippen LogP contribution in [0.5, 0.6) is 11.5 Å². The molecule has 0 spiro atoms. The summed E-state index contributed by atoms with van der Waals surface area (Å²) in [5.74, 6) is 1.27. The number of anilines is 2.